The average molecular weight is 277 g/mol. The molecule has 0 aliphatic heterocycles. The first kappa shape index (κ1) is 14.4. The molecular formula is C16H23NOS. The molecule has 1 aliphatic rings. The second-order valence-electron chi connectivity index (χ2n) is 5.48. The topological polar surface area (TPSA) is 29.1 Å². The van der Waals surface area contributed by atoms with Gasteiger partial charge in [-0.3, -0.25) is 4.79 Å². The molecule has 0 radical (unpaired) electrons. The molecule has 2 atom stereocenters. The molecule has 19 heavy (non-hydrogen) atoms. The fourth-order valence-corrected chi connectivity index (χ4v) is 3.26. The summed E-state index contributed by atoms with van der Waals surface area (Å²) in [5, 5.41) is 3.21. The normalized spacial score (nSPS) is 23.1. The zero-order valence-electron chi connectivity index (χ0n) is 11.8. The Morgan fingerprint density at radius 1 is 1.37 bits per heavy atom. The highest BCUT2D eigenvalue weighted by atomic mass is 32.2. The zero-order chi connectivity index (χ0) is 13.7. The predicted molar refractivity (Wildman–Crippen MR) is 82.5 cm³/mol. The van der Waals surface area contributed by atoms with Crippen LogP contribution in [-0.2, 0) is 5.75 Å². The number of rotatable bonds is 4. The third kappa shape index (κ3) is 4.00. The highest BCUT2D eigenvalue weighted by Gasteiger charge is 2.23. The van der Waals surface area contributed by atoms with Crippen LogP contribution < -0.4 is 5.32 Å². The first-order valence-corrected chi connectivity index (χ1v) is 8.49. The van der Waals surface area contributed by atoms with Gasteiger partial charge in [-0.1, -0.05) is 31.9 Å². The number of nitrogens with one attached hydrogen (secondary N) is 1. The van der Waals surface area contributed by atoms with Gasteiger partial charge in [0.1, 0.15) is 0 Å². The molecule has 0 spiro atoms. The van der Waals surface area contributed by atoms with E-state index in [2.05, 4.69) is 24.6 Å². The molecule has 1 amide bonds. The molecule has 1 aromatic carbocycles. The highest BCUT2D eigenvalue weighted by molar-refractivity contribution is 7.97. The molecule has 0 heterocycles. The molecule has 0 bridgehead atoms. The largest absolute Gasteiger partial charge is 0.349 e. The van der Waals surface area contributed by atoms with Crippen molar-refractivity contribution in [2.45, 2.75) is 44.4 Å². The molecule has 0 aromatic heterocycles. The number of carbonyl (C=O) groups is 1. The summed E-state index contributed by atoms with van der Waals surface area (Å²) in [4.78, 5) is 12.3. The van der Waals surface area contributed by atoms with Crippen molar-refractivity contribution in [2.24, 2.45) is 5.92 Å². The van der Waals surface area contributed by atoms with Crippen LogP contribution in [0.3, 0.4) is 0 Å². The lowest BCUT2D eigenvalue weighted by atomic mass is 9.86. The molecule has 104 valence electrons. The summed E-state index contributed by atoms with van der Waals surface area (Å²) < 4.78 is 0. The second kappa shape index (κ2) is 6.99. The number of hydrogen-bond acceptors (Lipinski definition) is 2. The van der Waals surface area contributed by atoms with E-state index in [1.807, 2.05) is 18.2 Å². The van der Waals surface area contributed by atoms with Gasteiger partial charge in [-0.25, -0.2) is 0 Å². The number of carbonyl (C=O) groups excluding carboxylic acids is 1. The maximum atomic E-state index is 12.3. The maximum absolute atomic E-state index is 12.3. The van der Waals surface area contributed by atoms with Gasteiger partial charge in [0, 0.05) is 17.4 Å². The van der Waals surface area contributed by atoms with Gasteiger partial charge in [0.25, 0.3) is 5.91 Å². The van der Waals surface area contributed by atoms with E-state index in [1.165, 1.54) is 24.8 Å². The minimum Gasteiger partial charge on any atom is -0.349 e. The van der Waals surface area contributed by atoms with Crippen LogP contribution in [0.1, 0.15) is 48.5 Å². The second-order valence-corrected chi connectivity index (χ2v) is 6.34. The van der Waals surface area contributed by atoms with Crippen molar-refractivity contribution in [3.63, 3.8) is 0 Å². The van der Waals surface area contributed by atoms with Gasteiger partial charge >= 0.3 is 0 Å². The summed E-state index contributed by atoms with van der Waals surface area (Å²) in [5.41, 5.74) is 2.01. The Labute approximate surface area is 120 Å². The molecule has 1 N–H and O–H groups in total. The van der Waals surface area contributed by atoms with Crippen LogP contribution in [0.5, 0.6) is 0 Å². The molecule has 1 aromatic rings. The van der Waals surface area contributed by atoms with E-state index in [0.29, 0.717) is 12.0 Å². The lowest BCUT2D eigenvalue weighted by molar-refractivity contribution is 0.0910. The fraction of sp³-hybridized carbons (Fsp3) is 0.562. The Hall–Kier alpha value is -0.960. The van der Waals surface area contributed by atoms with Crippen LogP contribution in [0, 0.1) is 5.92 Å². The molecule has 1 fully saturated rings. The van der Waals surface area contributed by atoms with Gasteiger partial charge in [-0.05, 0) is 42.7 Å². The van der Waals surface area contributed by atoms with E-state index >= 15 is 0 Å². The monoisotopic (exact) mass is 277 g/mol. The first-order chi connectivity index (χ1) is 9.20. The van der Waals surface area contributed by atoms with Crippen LogP contribution in [-0.4, -0.2) is 18.2 Å². The molecule has 1 saturated carbocycles. The van der Waals surface area contributed by atoms with E-state index in [0.717, 1.165) is 17.7 Å². The van der Waals surface area contributed by atoms with Gasteiger partial charge in [0.2, 0.25) is 0 Å². The molecule has 2 nitrogen and oxygen atoms in total. The summed E-state index contributed by atoms with van der Waals surface area (Å²) in [6.45, 7) is 2.24. The molecule has 0 unspecified atom stereocenters. The Balaban J connectivity index is 2.00. The predicted octanol–water partition coefficient (Wildman–Crippen LogP) is 3.86. The Morgan fingerprint density at radius 2 is 2.16 bits per heavy atom. The van der Waals surface area contributed by atoms with Crippen molar-refractivity contribution in [3.8, 4) is 0 Å². The zero-order valence-corrected chi connectivity index (χ0v) is 12.6. The maximum Gasteiger partial charge on any atom is 0.251 e. The third-order valence-electron chi connectivity index (χ3n) is 3.93. The smallest absolute Gasteiger partial charge is 0.251 e. The van der Waals surface area contributed by atoms with Crippen LogP contribution in [0.25, 0.3) is 0 Å². The quantitative estimate of drug-likeness (QED) is 0.905. The van der Waals surface area contributed by atoms with Gasteiger partial charge in [0.15, 0.2) is 0 Å². The summed E-state index contributed by atoms with van der Waals surface area (Å²) in [5.74, 6) is 1.65. The summed E-state index contributed by atoms with van der Waals surface area (Å²) in [6, 6.07) is 8.33. The van der Waals surface area contributed by atoms with E-state index in [4.69, 9.17) is 0 Å². The van der Waals surface area contributed by atoms with Crippen molar-refractivity contribution in [3.05, 3.63) is 35.4 Å². The van der Waals surface area contributed by atoms with Gasteiger partial charge in [0.05, 0.1) is 0 Å². The number of hydrogen-bond donors (Lipinski definition) is 1. The standard InChI is InChI=1S/C16H23NOS/c1-12-6-3-4-9-15(12)17-16(18)14-8-5-7-13(10-14)11-19-2/h5,7-8,10,12,15H,3-4,6,9,11H2,1-2H3,(H,17,18)/t12-,15+/m0/s1. The molecule has 3 heteroatoms. The number of benzene rings is 1. The van der Waals surface area contributed by atoms with E-state index in [1.54, 1.807) is 11.8 Å². The fourth-order valence-electron chi connectivity index (χ4n) is 2.75. The van der Waals surface area contributed by atoms with Crippen LogP contribution >= 0.6 is 11.8 Å². The Bertz CT molecular complexity index is 433. The lowest BCUT2D eigenvalue weighted by Gasteiger charge is -2.29. The third-order valence-corrected chi connectivity index (χ3v) is 4.55. The van der Waals surface area contributed by atoms with E-state index in [-0.39, 0.29) is 5.91 Å². The molecule has 0 saturated heterocycles. The van der Waals surface area contributed by atoms with Crippen molar-refractivity contribution in [1.82, 2.24) is 5.32 Å². The highest BCUT2D eigenvalue weighted by Crippen LogP contribution is 2.24. The lowest BCUT2D eigenvalue weighted by Crippen LogP contribution is -2.41. The van der Waals surface area contributed by atoms with Crippen LogP contribution in [0.2, 0.25) is 0 Å². The van der Waals surface area contributed by atoms with Gasteiger partial charge < -0.3 is 5.32 Å². The van der Waals surface area contributed by atoms with Crippen molar-refractivity contribution in [2.75, 3.05) is 6.26 Å². The minimum absolute atomic E-state index is 0.0849. The molecule has 1 aliphatic carbocycles. The Morgan fingerprint density at radius 3 is 2.89 bits per heavy atom. The first-order valence-electron chi connectivity index (χ1n) is 7.09. The van der Waals surface area contributed by atoms with Crippen molar-refractivity contribution >= 4 is 17.7 Å². The SMILES string of the molecule is CSCc1cccc(C(=O)N[C@@H]2CCCC[C@@H]2C)c1. The summed E-state index contributed by atoms with van der Waals surface area (Å²) in [6.07, 6.45) is 6.98. The van der Waals surface area contributed by atoms with Crippen molar-refractivity contribution in [1.29, 1.82) is 0 Å². The van der Waals surface area contributed by atoms with E-state index in [9.17, 15) is 4.79 Å². The Kier molecular flexibility index (Phi) is 5.32. The molecular weight excluding hydrogens is 254 g/mol. The minimum atomic E-state index is 0.0849. The summed E-state index contributed by atoms with van der Waals surface area (Å²) in [7, 11) is 0. The van der Waals surface area contributed by atoms with Gasteiger partial charge in [-0.2, -0.15) is 11.8 Å². The van der Waals surface area contributed by atoms with Crippen LogP contribution in [0.4, 0.5) is 0 Å². The van der Waals surface area contributed by atoms with Crippen LogP contribution in [0.15, 0.2) is 24.3 Å². The average Bonchev–Trinajstić information content (AvgIpc) is 2.42. The van der Waals surface area contributed by atoms with Gasteiger partial charge in [-0.15, -0.1) is 0 Å². The number of amides is 1. The summed E-state index contributed by atoms with van der Waals surface area (Å²) >= 11 is 1.78. The number of thioether (sulfide) groups is 1. The van der Waals surface area contributed by atoms with E-state index < -0.39 is 0 Å². The van der Waals surface area contributed by atoms with Crippen molar-refractivity contribution < 1.29 is 4.79 Å². The molecule has 2 rings (SSSR count).